The van der Waals surface area contributed by atoms with Crippen LogP contribution in [0.1, 0.15) is 29.9 Å². The molecule has 0 aliphatic carbocycles. The first kappa shape index (κ1) is 17.2. The maximum atomic E-state index is 11.7. The highest BCUT2D eigenvalue weighted by Crippen LogP contribution is 2.10. The number of nitrogens with one attached hydrogen (secondary N) is 1. The first-order chi connectivity index (χ1) is 9.93. The Bertz CT molecular complexity index is 484. The van der Waals surface area contributed by atoms with Gasteiger partial charge in [0.05, 0.1) is 7.11 Å². The Morgan fingerprint density at radius 1 is 1.33 bits per heavy atom. The number of hydrogen-bond acceptors (Lipinski definition) is 6. The molecule has 21 heavy (non-hydrogen) atoms. The molecule has 0 aromatic carbocycles. The molecule has 0 spiro atoms. The standard InChI is InChI=1S/C14H19NO5S/c1-9(2)7-10(13(17)19-3)15-12(16)8-20-14(18)11-5-4-6-21-11/h4-6,9-10H,7-8H2,1-3H3,(H,15,16)/t10-/m0/s1. The van der Waals surface area contributed by atoms with Gasteiger partial charge in [-0.25, -0.2) is 9.59 Å². The second kappa shape index (κ2) is 8.41. The van der Waals surface area contributed by atoms with Crippen molar-refractivity contribution in [1.29, 1.82) is 0 Å². The number of ether oxygens (including phenoxy) is 2. The van der Waals surface area contributed by atoms with Crippen molar-refractivity contribution < 1.29 is 23.9 Å². The Morgan fingerprint density at radius 2 is 2.05 bits per heavy atom. The fraction of sp³-hybridized carbons (Fsp3) is 0.500. The van der Waals surface area contributed by atoms with Crippen molar-refractivity contribution in [3.63, 3.8) is 0 Å². The van der Waals surface area contributed by atoms with E-state index in [1.807, 2.05) is 13.8 Å². The minimum atomic E-state index is -0.733. The van der Waals surface area contributed by atoms with Gasteiger partial charge in [0.15, 0.2) is 6.61 Å². The van der Waals surface area contributed by atoms with Crippen LogP contribution in [0.25, 0.3) is 0 Å². The number of hydrogen-bond donors (Lipinski definition) is 1. The highest BCUT2D eigenvalue weighted by molar-refractivity contribution is 7.11. The average molecular weight is 313 g/mol. The quantitative estimate of drug-likeness (QED) is 0.773. The molecule has 7 heteroatoms. The van der Waals surface area contributed by atoms with Gasteiger partial charge < -0.3 is 14.8 Å². The van der Waals surface area contributed by atoms with E-state index in [1.54, 1.807) is 17.5 Å². The Kier molecular flexibility index (Phi) is 6.87. The van der Waals surface area contributed by atoms with Crippen LogP contribution in [-0.2, 0) is 19.1 Å². The van der Waals surface area contributed by atoms with Crippen LogP contribution < -0.4 is 5.32 Å². The molecule has 6 nitrogen and oxygen atoms in total. The monoisotopic (exact) mass is 313 g/mol. The summed E-state index contributed by atoms with van der Waals surface area (Å²) >= 11 is 1.23. The molecule has 0 unspecified atom stereocenters. The van der Waals surface area contributed by atoms with Crippen molar-refractivity contribution in [2.45, 2.75) is 26.3 Å². The van der Waals surface area contributed by atoms with E-state index in [9.17, 15) is 14.4 Å². The summed E-state index contributed by atoms with van der Waals surface area (Å²) in [5, 5.41) is 4.26. The predicted octanol–water partition coefficient (Wildman–Crippen LogP) is 1.61. The van der Waals surface area contributed by atoms with Crippen LogP contribution in [0.5, 0.6) is 0 Å². The molecule has 1 aromatic rings. The second-order valence-corrected chi connectivity index (χ2v) is 5.77. The number of methoxy groups -OCH3 is 1. The van der Waals surface area contributed by atoms with Crippen molar-refractivity contribution >= 4 is 29.2 Å². The van der Waals surface area contributed by atoms with E-state index in [2.05, 4.69) is 10.1 Å². The van der Waals surface area contributed by atoms with E-state index >= 15 is 0 Å². The molecule has 0 saturated carbocycles. The van der Waals surface area contributed by atoms with Gasteiger partial charge in [0, 0.05) is 0 Å². The van der Waals surface area contributed by atoms with Crippen LogP contribution in [0, 0.1) is 5.92 Å². The Balaban J connectivity index is 2.46. The molecule has 1 rings (SSSR count). The van der Waals surface area contributed by atoms with Gasteiger partial charge in [0.25, 0.3) is 5.91 Å². The molecule has 116 valence electrons. The number of esters is 2. The smallest absolute Gasteiger partial charge is 0.348 e. The Labute approximate surface area is 127 Å². The fourth-order valence-electron chi connectivity index (χ4n) is 1.66. The largest absolute Gasteiger partial charge is 0.467 e. The lowest BCUT2D eigenvalue weighted by atomic mass is 10.0. The molecule has 0 fully saturated rings. The lowest BCUT2D eigenvalue weighted by molar-refractivity contribution is -0.145. The summed E-state index contributed by atoms with van der Waals surface area (Å²) in [6.07, 6.45) is 0.456. The van der Waals surface area contributed by atoms with Gasteiger partial charge in [0.2, 0.25) is 0 Å². The van der Waals surface area contributed by atoms with Crippen molar-refractivity contribution in [2.24, 2.45) is 5.92 Å². The maximum Gasteiger partial charge on any atom is 0.348 e. The van der Waals surface area contributed by atoms with Gasteiger partial charge >= 0.3 is 11.9 Å². The van der Waals surface area contributed by atoms with Crippen LogP contribution in [0.15, 0.2) is 17.5 Å². The lowest BCUT2D eigenvalue weighted by Crippen LogP contribution is -2.44. The van der Waals surface area contributed by atoms with E-state index in [0.29, 0.717) is 11.3 Å². The van der Waals surface area contributed by atoms with Crippen LogP contribution in [0.4, 0.5) is 0 Å². The zero-order valence-electron chi connectivity index (χ0n) is 12.3. The fourth-order valence-corrected chi connectivity index (χ4v) is 2.28. The number of carbonyl (C=O) groups excluding carboxylic acids is 3. The molecule has 0 aliphatic rings. The number of amides is 1. The van der Waals surface area contributed by atoms with Gasteiger partial charge in [-0.3, -0.25) is 4.79 Å². The highest BCUT2D eigenvalue weighted by Gasteiger charge is 2.23. The molecule has 0 bridgehead atoms. The number of carbonyl (C=O) groups is 3. The normalized spacial score (nSPS) is 11.8. The molecular weight excluding hydrogens is 294 g/mol. The topological polar surface area (TPSA) is 81.7 Å². The van der Waals surface area contributed by atoms with Crippen molar-refractivity contribution in [3.05, 3.63) is 22.4 Å². The molecule has 0 radical (unpaired) electrons. The molecule has 0 saturated heterocycles. The van der Waals surface area contributed by atoms with Crippen LogP contribution in [-0.4, -0.2) is 37.6 Å². The van der Waals surface area contributed by atoms with Gasteiger partial charge in [-0.2, -0.15) is 0 Å². The van der Waals surface area contributed by atoms with Crippen molar-refractivity contribution in [1.82, 2.24) is 5.32 Å². The molecule has 0 aliphatic heterocycles. The lowest BCUT2D eigenvalue weighted by Gasteiger charge is -2.18. The molecular formula is C14H19NO5S. The van der Waals surface area contributed by atoms with E-state index < -0.39 is 30.5 Å². The SMILES string of the molecule is COC(=O)[C@H](CC(C)C)NC(=O)COC(=O)c1cccs1. The first-order valence-electron chi connectivity index (χ1n) is 6.51. The summed E-state index contributed by atoms with van der Waals surface area (Å²) in [6.45, 7) is 3.43. The predicted molar refractivity (Wildman–Crippen MR) is 78.0 cm³/mol. The van der Waals surface area contributed by atoms with Gasteiger partial charge in [-0.1, -0.05) is 19.9 Å². The summed E-state index contributed by atoms with van der Waals surface area (Å²) in [4.78, 5) is 35.3. The molecule has 1 heterocycles. The number of thiophene rings is 1. The van der Waals surface area contributed by atoms with E-state index in [-0.39, 0.29) is 5.92 Å². The van der Waals surface area contributed by atoms with Gasteiger partial charge in [-0.15, -0.1) is 11.3 Å². The van der Waals surface area contributed by atoms with Crippen LogP contribution in [0.2, 0.25) is 0 Å². The van der Waals surface area contributed by atoms with E-state index in [4.69, 9.17) is 4.74 Å². The Morgan fingerprint density at radius 3 is 2.57 bits per heavy atom. The minimum Gasteiger partial charge on any atom is -0.467 e. The summed E-state index contributed by atoms with van der Waals surface area (Å²) in [5.74, 6) is -1.39. The van der Waals surface area contributed by atoms with E-state index in [0.717, 1.165) is 0 Å². The maximum absolute atomic E-state index is 11.7. The third-order valence-corrected chi connectivity index (χ3v) is 3.43. The van der Waals surface area contributed by atoms with E-state index in [1.165, 1.54) is 18.4 Å². The highest BCUT2D eigenvalue weighted by atomic mass is 32.1. The summed E-state index contributed by atoms with van der Waals surface area (Å²) in [6, 6.07) is 2.60. The van der Waals surface area contributed by atoms with Crippen molar-refractivity contribution in [3.8, 4) is 0 Å². The molecule has 1 atom stereocenters. The molecule has 1 N–H and O–H groups in total. The van der Waals surface area contributed by atoms with Crippen LogP contribution >= 0.6 is 11.3 Å². The van der Waals surface area contributed by atoms with Gasteiger partial charge in [-0.05, 0) is 23.8 Å². The summed E-state index contributed by atoms with van der Waals surface area (Å²) in [5.41, 5.74) is 0. The zero-order valence-corrected chi connectivity index (χ0v) is 13.1. The third kappa shape index (κ3) is 5.95. The third-order valence-electron chi connectivity index (χ3n) is 2.58. The van der Waals surface area contributed by atoms with Crippen molar-refractivity contribution in [2.75, 3.05) is 13.7 Å². The molecule has 1 amide bonds. The van der Waals surface area contributed by atoms with Crippen LogP contribution in [0.3, 0.4) is 0 Å². The minimum absolute atomic E-state index is 0.211. The zero-order chi connectivity index (χ0) is 15.8. The molecule has 1 aromatic heterocycles. The average Bonchev–Trinajstić information content (AvgIpc) is 2.96. The Hall–Kier alpha value is -1.89. The second-order valence-electron chi connectivity index (χ2n) is 4.83. The first-order valence-corrected chi connectivity index (χ1v) is 7.39. The van der Waals surface area contributed by atoms with Gasteiger partial charge in [0.1, 0.15) is 10.9 Å². The number of rotatable bonds is 7. The summed E-state index contributed by atoms with van der Waals surface area (Å²) in [7, 11) is 1.26. The summed E-state index contributed by atoms with van der Waals surface area (Å²) < 4.78 is 9.51.